The van der Waals surface area contributed by atoms with Crippen molar-refractivity contribution < 1.29 is 22.3 Å². The number of nitrogens with zero attached hydrogens (tertiary/aromatic N) is 1. The number of methoxy groups -OCH3 is 1. The van der Waals surface area contributed by atoms with E-state index < -0.39 is 22.5 Å². The van der Waals surface area contributed by atoms with Crippen molar-refractivity contribution in [1.82, 2.24) is 5.32 Å². The van der Waals surface area contributed by atoms with Gasteiger partial charge in [-0.15, -0.1) is 0 Å². The largest absolute Gasteiger partial charge is 0.497 e. The van der Waals surface area contributed by atoms with Crippen molar-refractivity contribution in [3.63, 3.8) is 0 Å². The zero-order chi connectivity index (χ0) is 23.1. The molecule has 0 aliphatic carbocycles. The van der Waals surface area contributed by atoms with Crippen molar-refractivity contribution in [3.8, 4) is 5.75 Å². The number of nitrogens with one attached hydrogen (secondary N) is 1. The molecule has 1 amide bonds. The molecule has 1 N–H and O–H groups in total. The molecule has 3 aromatic rings. The predicted octanol–water partition coefficient (Wildman–Crippen LogP) is 3.70. The van der Waals surface area contributed by atoms with Crippen molar-refractivity contribution in [2.24, 2.45) is 0 Å². The summed E-state index contributed by atoms with van der Waals surface area (Å²) in [6.07, 6.45) is 0.496. The van der Waals surface area contributed by atoms with Crippen molar-refractivity contribution in [1.29, 1.82) is 0 Å². The van der Waals surface area contributed by atoms with E-state index in [2.05, 4.69) is 5.32 Å². The maximum Gasteiger partial charge on any atom is 0.264 e. The smallest absolute Gasteiger partial charge is 0.264 e. The van der Waals surface area contributed by atoms with Gasteiger partial charge in [-0.25, -0.2) is 12.8 Å². The van der Waals surface area contributed by atoms with E-state index in [9.17, 15) is 17.6 Å². The summed E-state index contributed by atoms with van der Waals surface area (Å²) >= 11 is 0. The Morgan fingerprint density at radius 1 is 1.03 bits per heavy atom. The lowest BCUT2D eigenvalue weighted by Gasteiger charge is -2.24. The maximum absolute atomic E-state index is 13.4. The first-order valence-electron chi connectivity index (χ1n) is 10.0. The molecule has 8 heteroatoms. The lowest BCUT2D eigenvalue weighted by atomic mass is 10.1. The molecule has 0 bridgehead atoms. The highest BCUT2D eigenvalue weighted by Crippen LogP contribution is 2.27. The molecule has 0 spiro atoms. The Bertz CT molecular complexity index is 1160. The minimum Gasteiger partial charge on any atom is -0.497 e. The summed E-state index contributed by atoms with van der Waals surface area (Å²) < 4.78 is 46.1. The Morgan fingerprint density at radius 2 is 1.72 bits per heavy atom. The molecule has 0 heterocycles. The highest BCUT2D eigenvalue weighted by atomic mass is 32.2. The van der Waals surface area contributed by atoms with Gasteiger partial charge in [-0.3, -0.25) is 9.10 Å². The fourth-order valence-electron chi connectivity index (χ4n) is 3.10. The second kappa shape index (κ2) is 10.3. The lowest BCUT2D eigenvalue weighted by Crippen LogP contribution is -2.41. The van der Waals surface area contributed by atoms with Crippen LogP contribution in [0.5, 0.6) is 5.75 Å². The SMILES string of the molecule is COc1cccc(N(CC(=O)NCCc2ccc(F)cc2)S(=O)(=O)c2ccc(C)cc2)c1. The average Bonchev–Trinajstić information content (AvgIpc) is 2.79. The van der Waals surface area contributed by atoms with Gasteiger partial charge >= 0.3 is 0 Å². The van der Waals surface area contributed by atoms with Crippen LogP contribution >= 0.6 is 0 Å². The third kappa shape index (κ3) is 5.85. The molecular formula is C24H25FN2O4S. The van der Waals surface area contributed by atoms with Crippen LogP contribution in [0.2, 0.25) is 0 Å². The summed E-state index contributed by atoms with van der Waals surface area (Å²) in [5.74, 6) is -0.304. The summed E-state index contributed by atoms with van der Waals surface area (Å²) in [5.41, 5.74) is 2.11. The maximum atomic E-state index is 13.4. The minimum atomic E-state index is -4.00. The van der Waals surface area contributed by atoms with Crippen LogP contribution in [0.1, 0.15) is 11.1 Å². The summed E-state index contributed by atoms with van der Waals surface area (Å²) in [6.45, 7) is 1.76. The molecule has 0 saturated carbocycles. The van der Waals surface area contributed by atoms with Crippen molar-refractivity contribution >= 4 is 21.6 Å². The molecule has 0 aromatic heterocycles. The first-order chi connectivity index (χ1) is 15.3. The second-order valence-electron chi connectivity index (χ2n) is 7.25. The quantitative estimate of drug-likeness (QED) is 0.533. The molecule has 0 aliphatic rings. The number of hydrogen-bond acceptors (Lipinski definition) is 4. The minimum absolute atomic E-state index is 0.0880. The van der Waals surface area contributed by atoms with Crippen LogP contribution in [0, 0.1) is 12.7 Å². The monoisotopic (exact) mass is 456 g/mol. The van der Waals surface area contributed by atoms with Gasteiger partial charge in [0.2, 0.25) is 5.91 Å². The van der Waals surface area contributed by atoms with Gasteiger partial charge in [0.1, 0.15) is 18.1 Å². The van der Waals surface area contributed by atoms with Crippen molar-refractivity contribution in [2.45, 2.75) is 18.2 Å². The first kappa shape index (κ1) is 23.3. The van der Waals surface area contributed by atoms with Crippen LogP contribution in [0.4, 0.5) is 10.1 Å². The molecule has 0 atom stereocenters. The fraction of sp³-hybridized carbons (Fsp3) is 0.208. The van der Waals surface area contributed by atoms with Gasteiger partial charge in [-0.2, -0.15) is 0 Å². The summed E-state index contributed by atoms with van der Waals surface area (Å²) in [4.78, 5) is 12.7. The molecule has 3 rings (SSSR count). The Kier molecular flexibility index (Phi) is 7.48. The number of amides is 1. The molecular weight excluding hydrogens is 431 g/mol. The Labute approximate surface area is 187 Å². The van der Waals surface area contributed by atoms with Crippen LogP contribution in [-0.2, 0) is 21.2 Å². The lowest BCUT2D eigenvalue weighted by molar-refractivity contribution is -0.119. The van der Waals surface area contributed by atoms with Crippen LogP contribution in [0.3, 0.4) is 0 Å². The number of carbonyl (C=O) groups is 1. The molecule has 0 aliphatic heterocycles. The Balaban J connectivity index is 1.79. The van der Waals surface area contributed by atoms with E-state index in [4.69, 9.17) is 4.74 Å². The van der Waals surface area contributed by atoms with Crippen LogP contribution < -0.4 is 14.4 Å². The number of sulfonamides is 1. The number of hydrogen-bond donors (Lipinski definition) is 1. The standard InChI is InChI=1S/C24H25FN2O4S/c1-18-6-12-23(13-7-18)32(29,30)27(21-4-3-5-22(16-21)31-2)17-24(28)26-15-14-19-8-10-20(25)11-9-19/h3-13,16H,14-15,17H2,1-2H3,(H,26,28). The Morgan fingerprint density at radius 3 is 2.38 bits per heavy atom. The van der Waals surface area contributed by atoms with E-state index in [1.54, 1.807) is 48.5 Å². The molecule has 0 fully saturated rings. The first-order valence-corrected chi connectivity index (χ1v) is 11.5. The molecule has 6 nitrogen and oxygen atoms in total. The molecule has 32 heavy (non-hydrogen) atoms. The van der Waals surface area contributed by atoms with Gasteiger partial charge in [0.05, 0.1) is 17.7 Å². The van der Waals surface area contributed by atoms with E-state index in [0.29, 0.717) is 24.4 Å². The van der Waals surface area contributed by atoms with Crippen molar-refractivity contribution in [3.05, 3.63) is 89.7 Å². The van der Waals surface area contributed by atoms with E-state index in [-0.39, 0.29) is 10.7 Å². The summed E-state index contributed by atoms with van der Waals surface area (Å²) in [7, 11) is -2.51. The van der Waals surface area contributed by atoms with Gasteiger partial charge in [0, 0.05) is 12.6 Å². The van der Waals surface area contributed by atoms with Gasteiger partial charge in [0.15, 0.2) is 0 Å². The van der Waals surface area contributed by atoms with E-state index in [1.807, 2.05) is 6.92 Å². The number of rotatable bonds is 9. The number of anilines is 1. The second-order valence-corrected chi connectivity index (χ2v) is 9.11. The van der Waals surface area contributed by atoms with E-state index in [1.165, 1.54) is 31.4 Å². The topological polar surface area (TPSA) is 75.7 Å². The van der Waals surface area contributed by atoms with Crippen molar-refractivity contribution in [2.75, 3.05) is 24.5 Å². The highest BCUT2D eigenvalue weighted by molar-refractivity contribution is 7.92. The van der Waals surface area contributed by atoms with E-state index >= 15 is 0 Å². The average molecular weight is 457 g/mol. The molecule has 0 saturated heterocycles. The van der Waals surface area contributed by atoms with Gasteiger partial charge in [0.25, 0.3) is 10.0 Å². The zero-order valence-corrected chi connectivity index (χ0v) is 18.7. The predicted molar refractivity (Wildman–Crippen MR) is 122 cm³/mol. The number of benzene rings is 3. The summed E-state index contributed by atoms with van der Waals surface area (Å²) in [5, 5.41) is 2.74. The third-order valence-electron chi connectivity index (χ3n) is 4.89. The zero-order valence-electron chi connectivity index (χ0n) is 17.9. The number of aryl methyl sites for hydroxylation is 1. The third-order valence-corrected chi connectivity index (χ3v) is 6.67. The van der Waals surface area contributed by atoms with Crippen LogP contribution in [-0.4, -0.2) is 34.5 Å². The normalized spacial score (nSPS) is 11.1. The Hall–Kier alpha value is -3.39. The van der Waals surface area contributed by atoms with E-state index in [0.717, 1.165) is 15.4 Å². The molecule has 0 radical (unpaired) electrons. The van der Waals surface area contributed by atoms with Gasteiger partial charge in [-0.05, 0) is 55.3 Å². The number of ether oxygens (including phenoxy) is 1. The summed E-state index contributed by atoms with van der Waals surface area (Å²) in [6, 6.07) is 19.0. The fourth-order valence-corrected chi connectivity index (χ4v) is 4.51. The van der Waals surface area contributed by atoms with Crippen LogP contribution in [0.25, 0.3) is 0 Å². The highest BCUT2D eigenvalue weighted by Gasteiger charge is 2.27. The molecule has 0 unspecified atom stereocenters. The van der Waals surface area contributed by atoms with Gasteiger partial charge in [-0.1, -0.05) is 35.9 Å². The molecule has 3 aromatic carbocycles. The van der Waals surface area contributed by atoms with Crippen LogP contribution in [0.15, 0.2) is 77.7 Å². The van der Waals surface area contributed by atoms with Gasteiger partial charge < -0.3 is 10.1 Å². The molecule has 168 valence electrons. The number of carbonyl (C=O) groups excluding carboxylic acids is 1. The number of halogens is 1.